The molecule has 2 aromatic carbocycles. The second-order valence-electron chi connectivity index (χ2n) is 7.08. The maximum atomic E-state index is 11.2. The van der Waals surface area contributed by atoms with Crippen molar-refractivity contribution < 1.29 is 17.5 Å². The summed E-state index contributed by atoms with van der Waals surface area (Å²) in [6.07, 6.45) is 4.97. The van der Waals surface area contributed by atoms with E-state index in [9.17, 15) is 17.5 Å². The van der Waals surface area contributed by atoms with Crippen molar-refractivity contribution in [2.45, 2.75) is 89.9 Å². The minimum absolute atomic E-state index is 0. The fourth-order valence-electron chi connectivity index (χ4n) is 3.54. The molecule has 31 heavy (non-hydrogen) atoms. The van der Waals surface area contributed by atoms with Gasteiger partial charge in [0.05, 0.1) is 0 Å². The van der Waals surface area contributed by atoms with Crippen molar-refractivity contribution >= 4 is 45.2 Å². The quantitative estimate of drug-likeness (QED) is 0.405. The van der Waals surface area contributed by atoms with Crippen molar-refractivity contribution in [2.24, 2.45) is 0 Å². The van der Waals surface area contributed by atoms with Crippen LogP contribution in [0.3, 0.4) is 0 Å². The van der Waals surface area contributed by atoms with Gasteiger partial charge in [-0.05, 0) is 94.1 Å². The molecule has 2 rings (SSSR count). The molecule has 7 heteroatoms. The van der Waals surface area contributed by atoms with Crippen LogP contribution in [0.2, 0.25) is 0 Å². The standard InChI is InChI=1S/2C12H18O2S.Mg/c2*1-4-9-7-10(5-2)12(15(13)14)11(6-3)8-9;/h2*7-8H,4-6H2,1-3H3,(H,13,14);/q;;+2/p-2. The molecule has 2 atom stereocenters. The van der Waals surface area contributed by atoms with E-state index in [1.165, 1.54) is 11.1 Å². The topological polar surface area (TPSA) is 80.3 Å². The van der Waals surface area contributed by atoms with E-state index in [1.807, 2.05) is 52.0 Å². The predicted octanol–water partition coefficient (Wildman–Crippen LogP) is 4.84. The molecular formula is C24H34MgO4S2. The van der Waals surface area contributed by atoms with E-state index in [2.05, 4.69) is 13.8 Å². The summed E-state index contributed by atoms with van der Waals surface area (Å²) in [4.78, 5) is 1.02. The van der Waals surface area contributed by atoms with Gasteiger partial charge in [-0.2, -0.15) is 0 Å². The maximum absolute atomic E-state index is 11.2. The third-order valence-electron chi connectivity index (χ3n) is 5.28. The number of hydrogen-bond donors (Lipinski definition) is 0. The fraction of sp³-hybridized carbons (Fsp3) is 0.500. The summed E-state index contributed by atoms with van der Waals surface area (Å²) in [5.41, 5.74) is 6.22. The summed E-state index contributed by atoms with van der Waals surface area (Å²) in [5, 5.41) is 0. The van der Waals surface area contributed by atoms with Crippen molar-refractivity contribution in [3.8, 4) is 0 Å². The van der Waals surface area contributed by atoms with E-state index >= 15 is 0 Å². The number of aryl methyl sites for hydroxylation is 6. The van der Waals surface area contributed by atoms with Gasteiger partial charge in [-0.1, -0.05) is 65.8 Å². The van der Waals surface area contributed by atoms with Crippen LogP contribution in [0.1, 0.15) is 74.9 Å². The zero-order valence-electron chi connectivity index (χ0n) is 19.7. The summed E-state index contributed by atoms with van der Waals surface area (Å²) in [6, 6.07) is 8.02. The van der Waals surface area contributed by atoms with Gasteiger partial charge in [-0.3, -0.25) is 8.42 Å². The summed E-state index contributed by atoms with van der Waals surface area (Å²) in [7, 11) is 0. The van der Waals surface area contributed by atoms with Crippen molar-refractivity contribution in [1.82, 2.24) is 0 Å². The molecule has 0 heterocycles. The Balaban J connectivity index is 0.000000562. The van der Waals surface area contributed by atoms with Crippen molar-refractivity contribution in [2.75, 3.05) is 0 Å². The first-order valence-electron chi connectivity index (χ1n) is 10.7. The van der Waals surface area contributed by atoms with Gasteiger partial charge in [0.15, 0.2) is 0 Å². The summed E-state index contributed by atoms with van der Waals surface area (Å²) >= 11 is -4.22. The molecule has 4 nitrogen and oxygen atoms in total. The molecule has 0 fully saturated rings. The molecule has 0 radical (unpaired) electrons. The van der Waals surface area contributed by atoms with Crippen molar-refractivity contribution in [3.63, 3.8) is 0 Å². The van der Waals surface area contributed by atoms with Gasteiger partial charge in [0.2, 0.25) is 0 Å². The van der Waals surface area contributed by atoms with Crippen LogP contribution in [0.15, 0.2) is 34.1 Å². The third-order valence-corrected chi connectivity index (χ3v) is 6.99. The molecule has 0 amide bonds. The average Bonchev–Trinajstić information content (AvgIpc) is 2.76. The second kappa shape index (κ2) is 15.3. The minimum atomic E-state index is -2.11. The first-order chi connectivity index (χ1) is 14.3. The van der Waals surface area contributed by atoms with Crippen molar-refractivity contribution in [1.29, 1.82) is 0 Å². The maximum Gasteiger partial charge on any atom is 2.00 e. The molecule has 168 valence electrons. The summed E-state index contributed by atoms with van der Waals surface area (Å²) in [5.74, 6) is 0. The molecule has 0 aromatic heterocycles. The van der Waals surface area contributed by atoms with Crippen LogP contribution < -0.4 is 0 Å². The Bertz CT molecular complexity index is 774. The van der Waals surface area contributed by atoms with Crippen LogP contribution in [0, 0.1) is 0 Å². The van der Waals surface area contributed by atoms with Crippen LogP contribution in [0.25, 0.3) is 0 Å². The van der Waals surface area contributed by atoms with E-state index in [4.69, 9.17) is 0 Å². The van der Waals surface area contributed by atoms with Gasteiger partial charge in [0.25, 0.3) is 0 Å². The van der Waals surface area contributed by atoms with Crippen LogP contribution in [-0.4, -0.2) is 40.6 Å². The predicted molar refractivity (Wildman–Crippen MR) is 129 cm³/mol. The molecule has 0 aliphatic heterocycles. The Hall–Kier alpha value is -0.574. The normalized spacial score (nSPS) is 12.4. The minimum Gasteiger partial charge on any atom is -0.768 e. The summed E-state index contributed by atoms with van der Waals surface area (Å²) in [6.45, 7) is 12.1. The first kappa shape index (κ1) is 30.4. The van der Waals surface area contributed by atoms with Gasteiger partial charge < -0.3 is 9.11 Å². The Morgan fingerprint density at radius 1 is 0.548 bits per heavy atom. The van der Waals surface area contributed by atoms with Gasteiger partial charge in [0.1, 0.15) is 0 Å². The average molecular weight is 475 g/mol. The third kappa shape index (κ3) is 8.37. The Morgan fingerprint density at radius 2 is 0.774 bits per heavy atom. The Labute approximate surface area is 209 Å². The SMILES string of the molecule is CCc1cc(CC)c(S(=O)[O-])c(CC)c1.CCc1cc(CC)c(S(=O)[O-])c(CC)c1.[Mg+2]. The second-order valence-corrected chi connectivity index (χ2v) is 8.83. The van der Waals surface area contributed by atoms with E-state index in [0.717, 1.165) is 60.8 Å². The van der Waals surface area contributed by atoms with Gasteiger partial charge in [0, 0.05) is 9.79 Å². The van der Waals surface area contributed by atoms with Gasteiger partial charge in [-0.25, -0.2) is 0 Å². The molecule has 0 spiro atoms. The molecule has 2 unspecified atom stereocenters. The zero-order chi connectivity index (χ0) is 22.8. The first-order valence-corrected chi connectivity index (χ1v) is 12.9. The van der Waals surface area contributed by atoms with E-state index in [0.29, 0.717) is 9.79 Å². The van der Waals surface area contributed by atoms with Crippen LogP contribution >= 0.6 is 0 Å². The largest absolute Gasteiger partial charge is 2.00 e. The molecule has 0 saturated carbocycles. The Morgan fingerprint density at radius 3 is 0.903 bits per heavy atom. The zero-order valence-corrected chi connectivity index (χ0v) is 22.8. The number of benzene rings is 2. The van der Waals surface area contributed by atoms with Crippen LogP contribution in [-0.2, 0) is 60.7 Å². The Kier molecular flexibility index (Phi) is 15.0. The number of rotatable bonds is 8. The molecule has 0 aliphatic carbocycles. The summed E-state index contributed by atoms with van der Waals surface area (Å²) < 4.78 is 44.6. The van der Waals surface area contributed by atoms with Crippen LogP contribution in [0.5, 0.6) is 0 Å². The smallest absolute Gasteiger partial charge is 0.768 e. The molecule has 0 saturated heterocycles. The van der Waals surface area contributed by atoms with E-state index in [1.54, 1.807) is 0 Å². The van der Waals surface area contributed by atoms with Crippen LogP contribution in [0.4, 0.5) is 0 Å². The number of hydrogen-bond acceptors (Lipinski definition) is 4. The molecule has 0 N–H and O–H groups in total. The van der Waals surface area contributed by atoms with E-state index < -0.39 is 22.2 Å². The van der Waals surface area contributed by atoms with E-state index in [-0.39, 0.29) is 23.1 Å². The fourth-order valence-corrected chi connectivity index (χ4v) is 5.21. The molecular weight excluding hydrogens is 441 g/mol. The monoisotopic (exact) mass is 474 g/mol. The molecule has 2 aromatic rings. The van der Waals surface area contributed by atoms with Crippen molar-refractivity contribution in [3.05, 3.63) is 57.6 Å². The van der Waals surface area contributed by atoms with Gasteiger partial charge in [-0.15, -0.1) is 0 Å². The molecule has 0 bridgehead atoms. The molecule has 0 aliphatic rings. The van der Waals surface area contributed by atoms with Gasteiger partial charge >= 0.3 is 23.1 Å².